The highest BCUT2D eigenvalue weighted by Gasteiger charge is 2.29. The first-order valence-corrected chi connectivity index (χ1v) is 13.6. The smallest absolute Gasteiger partial charge is 0.354 e. The molecule has 2 heterocycles. The van der Waals surface area contributed by atoms with Crippen LogP contribution in [0.5, 0.6) is 5.75 Å². The lowest BCUT2D eigenvalue weighted by Crippen LogP contribution is -2.54. The zero-order chi connectivity index (χ0) is 28.6. The summed E-state index contributed by atoms with van der Waals surface area (Å²) in [6.07, 6.45) is 2.92. The van der Waals surface area contributed by atoms with Gasteiger partial charge in [-0.05, 0) is 55.3 Å². The van der Waals surface area contributed by atoms with Gasteiger partial charge < -0.3 is 14.9 Å². The predicted molar refractivity (Wildman–Crippen MR) is 157 cm³/mol. The average molecular weight is 561 g/mol. The molecule has 1 saturated heterocycles. The Morgan fingerprint density at radius 2 is 1.98 bits per heavy atom. The van der Waals surface area contributed by atoms with E-state index in [9.17, 15) is 19.1 Å². The molecule has 1 aliphatic rings. The summed E-state index contributed by atoms with van der Waals surface area (Å²) >= 11 is 6.76. The third kappa shape index (κ3) is 4.84. The number of piperazine rings is 1. The van der Waals surface area contributed by atoms with Crippen molar-refractivity contribution in [2.45, 2.75) is 32.7 Å². The molecule has 0 bridgehead atoms. The number of carbonyl (C=O) groups excluding carboxylic acids is 1. The molecule has 0 spiro atoms. The molecule has 206 valence electrons. The summed E-state index contributed by atoms with van der Waals surface area (Å²) in [4.78, 5) is 34.3. The van der Waals surface area contributed by atoms with Crippen LogP contribution in [0, 0.1) is 5.82 Å². The van der Waals surface area contributed by atoms with Crippen molar-refractivity contribution in [3.05, 3.63) is 94.1 Å². The molecular weight excluding hydrogens is 531 g/mol. The summed E-state index contributed by atoms with van der Waals surface area (Å²) in [5.41, 5.74) is 1.86. The lowest BCUT2D eigenvalue weighted by molar-refractivity contribution is -0.126. The van der Waals surface area contributed by atoms with E-state index in [-0.39, 0.29) is 33.8 Å². The van der Waals surface area contributed by atoms with Crippen molar-refractivity contribution in [3.63, 3.8) is 0 Å². The topological polar surface area (TPSA) is 78.7 Å². The number of fused-ring (bicyclic) bond motifs is 1. The van der Waals surface area contributed by atoms with Crippen molar-refractivity contribution in [1.82, 2.24) is 14.5 Å². The Morgan fingerprint density at radius 1 is 1.20 bits per heavy atom. The van der Waals surface area contributed by atoms with Gasteiger partial charge in [0.1, 0.15) is 17.4 Å². The Kier molecular flexibility index (Phi) is 7.63. The van der Waals surface area contributed by atoms with Crippen LogP contribution in [-0.4, -0.2) is 51.1 Å². The van der Waals surface area contributed by atoms with Gasteiger partial charge in [0, 0.05) is 41.6 Å². The highest BCUT2D eigenvalue weighted by atomic mass is 35.5. The number of rotatable bonds is 6. The molecule has 40 heavy (non-hydrogen) atoms. The normalized spacial score (nSPS) is 15.4. The number of phenolic OH excluding ortho intramolecular Hbond substituents is 1. The van der Waals surface area contributed by atoms with Crippen LogP contribution in [0.1, 0.15) is 25.8 Å². The van der Waals surface area contributed by atoms with E-state index in [1.165, 1.54) is 28.8 Å². The number of para-hydroxylation sites is 1. The zero-order valence-electron chi connectivity index (χ0n) is 22.4. The Hall–Kier alpha value is -4.17. The Bertz CT molecular complexity index is 1670. The number of aromatic nitrogens is 2. The number of phenols is 1. The van der Waals surface area contributed by atoms with E-state index in [1.54, 1.807) is 17.0 Å². The number of carbonyl (C=O) groups is 1. The summed E-state index contributed by atoms with van der Waals surface area (Å²) in [6.45, 7) is 8.94. The minimum atomic E-state index is -0.632. The zero-order valence-corrected chi connectivity index (χ0v) is 23.2. The van der Waals surface area contributed by atoms with E-state index in [0.29, 0.717) is 42.0 Å². The molecule has 0 saturated carbocycles. The molecule has 3 aromatic carbocycles. The molecule has 5 rings (SSSR count). The first-order chi connectivity index (χ1) is 19.2. The maximum Gasteiger partial charge on any atom is 0.354 e. The maximum absolute atomic E-state index is 15.0. The largest absolute Gasteiger partial charge is 0.507 e. The molecule has 1 fully saturated rings. The van der Waals surface area contributed by atoms with Crippen LogP contribution in [0.15, 0.2) is 72.0 Å². The average Bonchev–Trinajstić information content (AvgIpc) is 2.93. The SMILES string of the molecule is C=CC(=O)N1CCN(c2nc(=O)n(-c3ccccc3CCC)c3cc(-c4c(O)cccc4F)c(Cl)cc23)[C@@H](C)C1. The number of hydrogen-bond acceptors (Lipinski definition) is 5. The highest BCUT2D eigenvalue weighted by Crippen LogP contribution is 2.40. The molecule has 0 radical (unpaired) electrons. The van der Waals surface area contributed by atoms with Gasteiger partial charge in [0.2, 0.25) is 5.91 Å². The van der Waals surface area contributed by atoms with Gasteiger partial charge in [-0.3, -0.25) is 9.36 Å². The van der Waals surface area contributed by atoms with E-state index in [0.717, 1.165) is 18.4 Å². The van der Waals surface area contributed by atoms with E-state index in [4.69, 9.17) is 11.6 Å². The first-order valence-electron chi connectivity index (χ1n) is 13.3. The van der Waals surface area contributed by atoms with E-state index in [1.807, 2.05) is 36.1 Å². The number of halogens is 2. The Morgan fingerprint density at radius 3 is 2.67 bits per heavy atom. The van der Waals surface area contributed by atoms with Gasteiger partial charge in [0.25, 0.3) is 0 Å². The van der Waals surface area contributed by atoms with E-state index >= 15 is 0 Å². The van der Waals surface area contributed by atoms with E-state index < -0.39 is 11.5 Å². The lowest BCUT2D eigenvalue weighted by Gasteiger charge is -2.40. The summed E-state index contributed by atoms with van der Waals surface area (Å²) in [5, 5.41) is 11.4. The molecule has 0 unspecified atom stereocenters. The summed E-state index contributed by atoms with van der Waals surface area (Å²) in [7, 11) is 0. The van der Waals surface area contributed by atoms with Crippen LogP contribution in [0.2, 0.25) is 5.02 Å². The number of nitrogens with zero attached hydrogens (tertiary/aromatic N) is 4. The van der Waals surface area contributed by atoms with Crippen molar-refractivity contribution in [2.24, 2.45) is 0 Å². The molecule has 1 aromatic heterocycles. The third-order valence-corrected chi connectivity index (χ3v) is 7.67. The van der Waals surface area contributed by atoms with Gasteiger partial charge in [-0.2, -0.15) is 4.98 Å². The molecule has 1 atom stereocenters. The molecule has 4 aromatic rings. The maximum atomic E-state index is 15.0. The van der Waals surface area contributed by atoms with Crippen molar-refractivity contribution >= 4 is 34.2 Å². The standard InChI is InChI=1S/C31H30ClFN4O3/c1-4-9-20-10-6-7-12-25(20)37-26-17-21(29-24(33)11-8-13-27(29)38)23(32)16-22(26)30(34-31(37)40)36-15-14-35(18-19(36)3)28(39)5-2/h5-8,10-13,16-17,19,38H,2,4,9,14-15,18H2,1,3H3/t19-/m0/s1. The number of hydrogen-bond donors (Lipinski definition) is 1. The van der Waals surface area contributed by atoms with Crippen LogP contribution >= 0.6 is 11.6 Å². The number of benzene rings is 3. The van der Waals surface area contributed by atoms with Crippen LogP contribution in [-0.2, 0) is 11.2 Å². The first kappa shape index (κ1) is 27.4. The fourth-order valence-electron chi connectivity index (χ4n) is 5.46. The van der Waals surface area contributed by atoms with Gasteiger partial charge in [0.15, 0.2) is 0 Å². The van der Waals surface area contributed by atoms with E-state index in [2.05, 4.69) is 18.5 Å². The minimum absolute atomic E-state index is 0.0430. The van der Waals surface area contributed by atoms with Crippen molar-refractivity contribution in [3.8, 4) is 22.6 Å². The van der Waals surface area contributed by atoms with Crippen LogP contribution in [0.4, 0.5) is 10.2 Å². The van der Waals surface area contributed by atoms with Crippen LogP contribution in [0.25, 0.3) is 27.7 Å². The third-order valence-electron chi connectivity index (χ3n) is 7.36. The van der Waals surface area contributed by atoms with Crippen molar-refractivity contribution in [2.75, 3.05) is 24.5 Å². The molecular formula is C31H30ClFN4O3. The predicted octanol–water partition coefficient (Wildman–Crippen LogP) is 5.73. The minimum Gasteiger partial charge on any atom is -0.507 e. The summed E-state index contributed by atoms with van der Waals surface area (Å²) < 4.78 is 16.5. The fraction of sp³-hybridized carbons (Fsp3) is 0.258. The molecule has 9 heteroatoms. The molecule has 7 nitrogen and oxygen atoms in total. The summed E-state index contributed by atoms with van der Waals surface area (Å²) in [5.74, 6) is -0.599. The monoisotopic (exact) mass is 560 g/mol. The Balaban J connectivity index is 1.79. The van der Waals surface area contributed by atoms with Gasteiger partial charge in [0.05, 0.1) is 16.8 Å². The van der Waals surface area contributed by atoms with Gasteiger partial charge in [-0.1, -0.05) is 55.8 Å². The van der Waals surface area contributed by atoms with Gasteiger partial charge in [-0.15, -0.1) is 0 Å². The number of amides is 1. The van der Waals surface area contributed by atoms with Gasteiger partial charge in [-0.25, -0.2) is 9.18 Å². The quantitative estimate of drug-likeness (QED) is 0.305. The van der Waals surface area contributed by atoms with Crippen molar-refractivity contribution < 1.29 is 14.3 Å². The molecule has 1 amide bonds. The van der Waals surface area contributed by atoms with Gasteiger partial charge >= 0.3 is 5.69 Å². The fourth-order valence-corrected chi connectivity index (χ4v) is 5.72. The molecule has 1 aliphatic heterocycles. The highest BCUT2D eigenvalue weighted by molar-refractivity contribution is 6.34. The summed E-state index contributed by atoms with van der Waals surface area (Å²) in [6, 6.07) is 14.9. The number of aromatic hydroxyl groups is 1. The van der Waals surface area contributed by atoms with Crippen molar-refractivity contribution in [1.29, 1.82) is 0 Å². The lowest BCUT2D eigenvalue weighted by atomic mass is 10.0. The Labute approximate surface area is 236 Å². The second-order valence-electron chi connectivity index (χ2n) is 9.95. The molecule has 0 aliphatic carbocycles. The van der Waals surface area contributed by atoms with Crippen LogP contribution in [0.3, 0.4) is 0 Å². The molecule has 1 N–H and O–H groups in total. The number of anilines is 1. The number of aryl methyl sites for hydroxylation is 1. The van der Waals surface area contributed by atoms with Crippen LogP contribution < -0.4 is 10.6 Å². The second kappa shape index (κ2) is 11.1. The second-order valence-corrected chi connectivity index (χ2v) is 10.4.